The van der Waals surface area contributed by atoms with E-state index >= 15 is 0 Å². The second-order valence-electron chi connectivity index (χ2n) is 9.68. The molecule has 1 saturated carbocycles. The predicted octanol–water partition coefficient (Wildman–Crippen LogP) is 7.26. The Morgan fingerprint density at radius 2 is 1.63 bits per heavy atom. The molecule has 6 heteroatoms. The van der Waals surface area contributed by atoms with Crippen molar-refractivity contribution in [3.05, 3.63) is 95.6 Å². The van der Waals surface area contributed by atoms with Gasteiger partial charge in [0.1, 0.15) is 11.5 Å². The second kappa shape index (κ2) is 10.4. The van der Waals surface area contributed by atoms with Crippen LogP contribution in [-0.2, 0) is 12.6 Å². The van der Waals surface area contributed by atoms with Crippen molar-refractivity contribution in [3.63, 3.8) is 0 Å². The van der Waals surface area contributed by atoms with Gasteiger partial charge in [-0.25, -0.2) is 0 Å². The van der Waals surface area contributed by atoms with Crippen LogP contribution in [0.2, 0.25) is 0 Å². The van der Waals surface area contributed by atoms with Gasteiger partial charge in [0.15, 0.2) is 0 Å². The summed E-state index contributed by atoms with van der Waals surface area (Å²) in [6.45, 7) is 0. The van der Waals surface area contributed by atoms with E-state index in [0.29, 0.717) is 12.2 Å². The Kier molecular flexibility index (Phi) is 7.53. The molecule has 3 unspecified atom stereocenters. The highest BCUT2D eigenvalue weighted by Gasteiger charge is 2.46. The standard InChI is InChI=1S/C29H32F3NO2/c1-33(2)27(21-12-10-15-24(19-21)35-23-13-4-3-5-14-23)26-17-8-9-18-28(26,34)20-22-11-6-7-16-25(22)29(30,31)32/h3-7,10-16,19,26-27,34H,8-9,17-18,20H2,1-2H3. The Hall–Kier alpha value is -2.83. The predicted molar refractivity (Wildman–Crippen MR) is 131 cm³/mol. The van der Waals surface area contributed by atoms with Gasteiger partial charge in [0.05, 0.1) is 11.2 Å². The number of nitrogens with zero attached hydrogens (tertiary/aromatic N) is 1. The van der Waals surface area contributed by atoms with Crippen molar-refractivity contribution in [1.29, 1.82) is 0 Å². The molecule has 186 valence electrons. The quantitative estimate of drug-likeness (QED) is 0.384. The van der Waals surface area contributed by atoms with Crippen LogP contribution >= 0.6 is 0 Å². The molecule has 3 aromatic carbocycles. The zero-order valence-corrected chi connectivity index (χ0v) is 20.1. The molecule has 35 heavy (non-hydrogen) atoms. The van der Waals surface area contributed by atoms with Crippen molar-refractivity contribution in [2.75, 3.05) is 14.1 Å². The van der Waals surface area contributed by atoms with Crippen LogP contribution in [0.1, 0.15) is 48.4 Å². The monoisotopic (exact) mass is 483 g/mol. The first-order valence-corrected chi connectivity index (χ1v) is 12.0. The molecule has 0 radical (unpaired) electrons. The first kappa shape index (κ1) is 25.3. The normalized spacial score (nSPS) is 21.6. The Morgan fingerprint density at radius 1 is 0.943 bits per heavy atom. The number of halogens is 3. The van der Waals surface area contributed by atoms with Crippen LogP contribution in [0.25, 0.3) is 0 Å². The van der Waals surface area contributed by atoms with Crippen LogP contribution in [0.3, 0.4) is 0 Å². The molecular formula is C29H32F3NO2. The number of alkyl halides is 3. The molecule has 0 aromatic heterocycles. The van der Waals surface area contributed by atoms with Crippen molar-refractivity contribution >= 4 is 0 Å². The minimum atomic E-state index is -4.46. The molecule has 1 aliphatic carbocycles. The van der Waals surface area contributed by atoms with Gasteiger partial charge in [0.25, 0.3) is 0 Å². The van der Waals surface area contributed by atoms with Crippen LogP contribution in [0.5, 0.6) is 11.5 Å². The van der Waals surface area contributed by atoms with E-state index in [9.17, 15) is 18.3 Å². The van der Waals surface area contributed by atoms with Crippen molar-refractivity contribution in [3.8, 4) is 11.5 Å². The van der Waals surface area contributed by atoms with Gasteiger partial charge < -0.3 is 14.7 Å². The minimum Gasteiger partial charge on any atom is -0.457 e. The molecule has 0 heterocycles. The minimum absolute atomic E-state index is 0.0299. The number of ether oxygens (including phenoxy) is 1. The summed E-state index contributed by atoms with van der Waals surface area (Å²) in [6, 6.07) is 22.7. The molecule has 0 amide bonds. The molecule has 3 aromatic rings. The molecule has 1 fully saturated rings. The highest BCUT2D eigenvalue weighted by Crippen LogP contribution is 2.47. The maximum absolute atomic E-state index is 13.7. The number of para-hydroxylation sites is 1. The number of hydrogen-bond acceptors (Lipinski definition) is 3. The van der Waals surface area contributed by atoms with Crippen LogP contribution in [-0.4, -0.2) is 29.7 Å². The largest absolute Gasteiger partial charge is 0.457 e. The highest BCUT2D eigenvalue weighted by atomic mass is 19.4. The molecule has 3 nitrogen and oxygen atoms in total. The van der Waals surface area contributed by atoms with E-state index in [2.05, 4.69) is 4.90 Å². The molecule has 4 rings (SSSR count). The molecule has 0 spiro atoms. The van der Waals surface area contributed by atoms with Gasteiger partial charge in [-0.3, -0.25) is 0 Å². The Bertz CT molecular complexity index is 1120. The first-order valence-electron chi connectivity index (χ1n) is 12.0. The van der Waals surface area contributed by atoms with Gasteiger partial charge in [-0.05, 0) is 68.4 Å². The lowest BCUT2D eigenvalue weighted by atomic mass is 9.67. The summed E-state index contributed by atoms with van der Waals surface area (Å²) < 4.78 is 47.1. The van der Waals surface area contributed by atoms with Crippen molar-refractivity contribution in [2.24, 2.45) is 5.92 Å². The van der Waals surface area contributed by atoms with Crippen molar-refractivity contribution in [1.82, 2.24) is 4.90 Å². The highest BCUT2D eigenvalue weighted by molar-refractivity contribution is 5.36. The average molecular weight is 484 g/mol. The van der Waals surface area contributed by atoms with Gasteiger partial charge in [0, 0.05) is 18.4 Å². The molecule has 3 atom stereocenters. The smallest absolute Gasteiger partial charge is 0.416 e. The van der Waals surface area contributed by atoms with Gasteiger partial charge >= 0.3 is 6.18 Å². The summed E-state index contributed by atoms with van der Waals surface area (Å²) in [5, 5.41) is 11.9. The van der Waals surface area contributed by atoms with Crippen LogP contribution in [0, 0.1) is 5.92 Å². The molecule has 1 aliphatic rings. The summed E-state index contributed by atoms with van der Waals surface area (Å²) in [6.07, 6.45) is -1.57. The zero-order valence-electron chi connectivity index (χ0n) is 20.1. The van der Waals surface area contributed by atoms with Gasteiger partial charge in [-0.2, -0.15) is 13.2 Å². The van der Waals surface area contributed by atoms with Gasteiger partial charge in [0.2, 0.25) is 0 Å². The molecule has 0 saturated heterocycles. The lowest BCUT2D eigenvalue weighted by molar-refractivity contribution is -0.139. The third-order valence-electron chi connectivity index (χ3n) is 7.00. The topological polar surface area (TPSA) is 32.7 Å². The summed E-state index contributed by atoms with van der Waals surface area (Å²) in [5.41, 5.74) is -0.812. The van der Waals surface area contributed by atoms with Crippen LogP contribution in [0.15, 0.2) is 78.9 Å². The van der Waals surface area contributed by atoms with E-state index < -0.39 is 17.3 Å². The van der Waals surface area contributed by atoms with Gasteiger partial charge in [-0.15, -0.1) is 0 Å². The number of hydrogen-bond donors (Lipinski definition) is 1. The Morgan fingerprint density at radius 3 is 2.34 bits per heavy atom. The summed E-state index contributed by atoms with van der Waals surface area (Å²) in [7, 11) is 3.90. The molecule has 0 aliphatic heterocycles. The van der Waals surface area contributed by atoms with E-state index in [0.717, 1.165) is 36.6 Å². The third-order valence-corrected chi connectivity index (χ3v) is 7.00. The summed E-state index contributed by atoms with van der Waals surface area (Å²) in [4.78, 5) is 2.05. The van der Waals surface area contributed by atoms with E-state index in [1.807, 2.05) is 68.7 Å². The van der Waals surface area contributed by atoms with Crippen molar-refractivity contribution in [2.45, 2.75) is 49.9 Å². The second-order valence-corrected chi connectivity index (χ2v) is 9.68. The van der Waals surface area contributed by atoms with E-state index in [4.69, 9.17) is 4.74 Å². The first-order chi connectivity index (χ1) is 16.7. The van der Waals surface area contributed by atoms with E-state index in [1.54, 1.807) is 6.07 Å². The van der Waals surface area contributed by atoms with Crippen LogP contribution in [0.4, 0.5) is 13.2 Å². The third kappa shape index (κ3) is 5.88. The summed E-state index contributed by atoms with van der Waals surface area (Å²) >= 11 is 0. The fourth-order valence-corrected chi connectivity index (χ4v) is 5.48. The zero-order chi connectivity index (χ0) is 25.1. The fraction of sp³-hybridized carbons (Fsp3) is 0.379. The molecule has 1 N–H and O–H groups in total. The van der Waals surface area contributed by atoms with E-state index in [-0.39, 0.29) is 23.9 Å². The summed E-state index contributed by atoms with van der Waals surface area (Å²) in [5.74, 6) is 1.17. The fourth-order valence-electron chi connectivity index (χ4n) is 5.48. The number of benzene rings is 3. The Labute approximate surface area is 205 Å². The number of aliphatic hydroxyl groups is 1. The SMILES string of the molecule is CN(C)C(c1cccc(Oc2ccccc2)c1)C1CCCCC1(O)Cc1ccccc1C(F)(F)F. The van der Waals surface area contributed by atoms with Crippen LogP contribution < -0.4 is 4.74 Å². The maximum Gasteiger partial charge on any atom is 0.416 e. The lowest BCUT2D eigenvalue weighted by Crippen LogP contribution is -2.48. The van der Waals surface area contributed by atoms with E-state index in [1.165, 1.54) is 12.1 Å². The molecule has 0 bridgehead atoms. The molecular weight excluding hydrogens is 451 g/mol. The maximum atomic E-state index is 13.7. The average Bonchev–Trinajstić information content (AvgIpc) is 2.81. The van der Waals surface area contributed by atoms with Crippen molar-refractivity contribution < 1.29 is 23.0 Å². The van der Waals surface area contributed by atoms with Gasteiger partial charge in [-0.1, -0.05) is 61.4 Å². The number of rotatable bonds is 7. The lowest BCUT2D eigenvalue weighted by Gasteiger charge is -2.46. The Balaban J connectivity index is 1.67.